The van der Waals surface area contributed by atoms with Gasteiger partial charge in [0, 0.05) is 25.3 Å². The van der Waals surface area contributed by atoms with Crippen LogP contribution in [0.1, 0.15) is 26.1 Å². The Bertz CT molecular complexity index is 439. The summed E-state index contributed by atoms with van der Waals surface area (Å²) in [7, 11) is 0. The van der Waals surface area contributed by atoms with Crippen molar-refractivity contribution in [2.45, 2.75) is 32.5 Å². The molecule has 0 aliphatic heterocycles. The fourth-order valence-corrected chi connectivity index (χ4v) is 1.66. The Hall–Kier alpha value is -1.61. The van der Waals surface area contributed by atoms with Gasteiger partial charge >= 0.3 is 6.18 Å². The molecule has 1 rings (SSSR count). The van der Waals surface area contributed by atoms with Gasteiger partial charge in [-0.3, -0.25) is 0 Å². The van der Waals surface area contributed by atoms with Crippen molar-refractivity contribution in [1.29, 1.82) is 0 Å². The maximum Gasteiger partial charge on any atom is 0.451 e. The number of nitrogen functional groups attached to an aromatic ring is 1. The second-order valence-electron chi connectivity index (χ2n) is 4.44. The molecular weight excluding hydrogens is 275 g/mol. The number of anilines is 2. The molecule has 0 spiro atoms. The van der Waals surface area contributed by atoms with Crippen LogP contribution in [0.5, 0.6) is 0 Å². The van der Waals surface area contributed by atoms with Gasteiger partial charge in [0.2, 0.25) is 5.82 Å². The highest BCUT2D eigenvalue weighted by molar-refractivity contribution is 5.49. The van der Waals surface area contributed by atoms with Crippen LogP contribution in [-0.2, 0) is 6.18 Å². The van der Waals surface area contributed by atoms with E-state index in [1.165, 1.54) is 6.07 Å². The summed E-state index contributed by atoms with van der Waals surface area (Å²) in [5.41, 5.74) is 2.10. The number of hydrogen-bond donors (Lipinski definition) is 3. The SMILES string of the molecule is CC(C)N(CCCO)c1cc(NN)nc(C(F)(F)F)n1. The molecule has 0 aromatic carbocycles. The summed E-state index contributed by atoms with van der Waals surface area (Å²) >= 11 is 0. The molecule has 1 heterocycles. The number of aliphatic hydroxyl groups is 1. The molecule has 0 saturated heterocycles. The largest absolute Gasteiger partial charge is 0.451 e. The summed E-state index contributed by atoms with van der Waals surface area (Å²) in [6, 6.07) is 1.26. The van der Waals surface area contributed by atoms with Crippen LogP contribution in [0, 0.1) is 0 Å². The Labute approximate surface area is 114 Å². The second kappa shape index (κ2) is 6.71. The zero-order chi connectivity index (χ0) is 15.3. The van der Waals surface area contributed by atoms with E-state index in [0.29, 0.717) is 13.0 Å². The molecule has 9 heteroatoms. The van der Waals surface area contributed by atoms with E-state index in [4.69, 9.17) is 10.9 Å². The first-order valence-corrected chi connectivity index (χ1v) is 6.10. The Kier molecular flexibility index (Phi) is 5.52. The average molecular weight is 293 g/mol. The maximum atomic E-state index is 12.7. The lowest BCUT2D eigenvalue weighted by Crippen LogP contribution is -2.34. The van der Waals surface area contributed by atoms with Crippen LogP contribution >= 0.6 is 0 Å². The van der Waals surface area contributed by atoms with Gasteiger partial charge in [0.05, 0.1) is 0 Å². The molecule has 114 valence electrons. The second-order valence-corrected chi connectivity index (χ2v) is 4.44. The van der Waals surface area contributed by atoms with Crippen LogP contribution in [0.3, 0.4) is 0 Å². The van der Waals surface area contributed by atoms with Crippen molar-refractivity contribution in [3.05, 3.63) is 11.9 Å². The molecule has 0 aliphatic carbocycles. The zero-order valence-electron chi connectivity index (χ0n) is 11.3. The molecule has 0 saturated carbocycles. The molecule has 0 amide bonds. The van der Waals surface area contributed by atoms with Gasteiger partial charge in [0.1, 0.15) is 11.6 Å². The number of halogens is 3. The number of hydrogen-bond acceptors (Lipinski definition) is 6. The lowest BCUT2D eigenvalue weighted by atomic mass is 10.2. The van der Waals surface area contributed by atoms with Crippen LogP contribution in [0.4, 0.5) is 24.8 Å². The molecule has 0 unspecified atom stereocenters. The summed E-state index contributed by atoms with van der Waals surface area (Å²) in [5, 5.41) is 8.86. The van der Waals surface area contributed by atoms with Gasteiger partial charge in [0.15, 0.2) is 0 Å². The molecule has 6 nitrogen and oxygen atoms in total. The summed E-state index contributed by atoms with van der Waals surface area (Å²) in [4.78, 5) is 8.48. The molecule has 1 aromatic heterocycles. The normalized spacial score (nSPS) is 11.8. The first kappa shape index (κ1) is 16.4. The Morgan fingerprint density at radius 1 is 1.40 bits per heavy atom. The molecule has 20 heavy (non-hydrogen) atoms. The number of aromatic nitrogens is 2. The zero-order valence-corrected chi connectivity index (χ0v) is 11.3. The van der Waals surface area contributed by atoms with E-state index in [-0.39, 0.29) is 24.3 Å². The van der Waals surface area contributed by atoms with E-state index in [0.717, 1.165) is 0 Å². The highest BCUT2D eigenvalue weighted by atomic mass is 19.4. The third-order valence-electron chi connectivity index (χ3n) is 2.59. The molecule has 1 aromatic rings. The molecule has 0 atom stereocenters. The van der Waals surface area contributed by atoms with Crippen LogP contribution in [0.25, 0.3) is 0 Å². The van der Waals surface area contributed by atoms with E-state index < -0.39 is 12.0 Å². The number of rotatable bonds is 6. The van der Waals surface area contributed by atoms with E-state index >= 15 is 0 Å². The van der Waals surface area contributed by atoms with Crippen LogP contribution in [0.15, 0.2) is 6.07 Å². The maximum absolute atomic E-state index is 12.7. The van der Waals surface area contributed by atoms with Crippen molar-refractivity contribution in [2.24, 2.45) is 5.84 Å². The van der Waals surface area contributed by atoms with Gasteiger partial charge < -0.3 is 15.4 Å². The summed E-state index contributed by atoms with van der Waals surface area (Å²) in [5.74, 6) is 3.89. The van der Waals surface area contributed by atoms with Gasteiger partial charge in [-0.2, -0.15) is 13.2 Å². The quantitative estimate of drug-likeness (QED) is 0.542. The Morgan fingerprint density at radius 2 is 2.05 bits per heavy atom. The molecule has 0 aliphatic rings. The highest BCUT2D eigenvalue weighted by Crippen LogP contribution is 2.29. The molecular formula is C11H18F3N5O. The number of aliphatic hydroxyl groups excluding tert-OH is 1. The fraction of sp³-hybridized carbons (Fsp3) is 0.636. The standard InChI is InChI=1S/C11H18F3N5O/c1-7(2)19(4-3-5-20)9-6-8(18-15)16-10(17-9)11(12,13)14/h6-7,20H,3-5,15H2,1-2H3,(H,16,17,18). The first-order valence-electron chi connectivity index (χ1n) is 6.10. The molecule has 0 radical (unpaired) electrons. The number of hydrazine groups is 1. The van der Waals surface area contributed by atoms with Gasteiger partial charge in [-0.25, -0.2) is 15.8 Å². The number of nitrogens with two attached hydrogens (primary N) is 1. The highest BCUT2D eigenvalue weighted by Gasteiger charge is 2.36. The predicted octanol–water partition coefficient (Wildman–Crippen LogP) is 1.38. The van der Waals surface area contributed by atoms with Crippen LogP contribution < -0.4 is 16.2 Å². The van der Waals surface area contributed by atoms with Crippen molar-refractivity contribution in [3.63, 3.8) is 0 Å². The van der Waals surface area contributed by atoms with E-state index in [9.17, 15) is 13.2 Å². The molecule has 0 bridgehead atoms. The van der Waals surface area contributed by atoms with Gasteiger partial charge in [0.25, 0.3) is 0 Å². The van der Waals surface area contributed by atoms with Crippen molar-refractivity contribution < 1.29 is 18.3 Å². The van der Waals surface area contributed by atoms with Gasteiger partial charge in [-0.1, -0.05) is 0 Å². The minimum atomic E-state index is -4.65. The first-order chi connectivity index (χ1) is 9.29. The van der Waals surface area contributed by atoms with Crippen LogP contribution in [-0.4, -0.2) is 34.3 Å². The van der Waals surface area contributed by atoms with Crippen LogP contribution in [0.2, 0.25) is 0 Å². The third kappa shape index (κ3) is 4.20. The summed E-state index contributed by atoms with van der Waals surface area (Å²) in [6.07, 6.45) is -4.23. The van der Waals surface area contributed by atoms with E-state index in [1.54, 1.807) is 4.90 Å². The summed E-state index contributed by atoms with van der Waals surface area (Å²) < 4.78 is 38.2. The third-order valence-corrected chi connectivity index (χ3v) is 2.59. The minimum Gasteiger partial charge on any atom is -0.396 e. The number of nitrogens with zero attached hydrogens (tertiary/aromatic N) is 3. The Morgan fingerprint density at radius 3 is 2.50 bits per heavy atom. The predicted molar refractivity (Wildman–Crippen MR) is 69.0 cm³/mol. The lowest BCUT2D eigenvalue weighted by molar-refractivity contribution is -0.144. The fourth-order valence-electron chi connectivity index (χ4n) is 1.66. The number of alkyl halides is 3. The van der Waals surface area contributed by atoms with Gasteiger partial charge in [-0.05, 0) is 20.3 Å². The minimum absolute atomic E-state index is 0.0531. The molecule has 0 fully saturated rings. The van der Waals surface area contributed by atoms with E-state index in [1.807, 2.05) is 13.8 Å². The molecule has 4 N–H and O–H groups in total. The topological polar surface area (TPSA) is 87.3 Å². The smallest absolute Gasteiger partial charge is 0.396 e. The monoisotopic (exact) mass is 293 g/mol. The van der Waals surface area contributed by atoms with Gasteiger partial charge in [-0.15, -0.1) is 0 Å². The van der Waals surface area contributed by atoms with E-state index in [2.05, 4.69) is 15.4 Å². The average Bonchev–Trinajstić information content (AvgIpc) is 2.37. The van der Waals surface area contributed by atoms with Crippen molar-refractivity contribution in [1.82, 2.24) is 9.97 Å². The van der Waals surface area contributed by atoms with Crippen molar-refractivity contribution in [2.75, 3.05) is 23.5 Å². The van der Waals surface area contributed by atoms with Crippen molar-refractivity contribution in [3.8, 4) is 0 Å². The summed E-state index contributed by atoms with van der Waals surface area (Å²) in [6.45, 7) is 3.97. The number of nitrogens with one attached hydrogen (secondary N) is 1. The lowest BCUT2D eigenvalue weighted by Gasteiger charge is -2.28. The Balaban J connectivity index is 3.19. The van der Waals surface area contributed by atoms with Crippen molar-refractivity contribution >= 4 is 11.6 Å².